The number of hydrogen-bond acceptors (Lipinski definition) is 5. The minimum Gasteiger partial charge on any atom is -0.384 e. The molecule has 1 aliphatic carbocycles. The van der Waals surface area contributed by atoms with E-state index in [1.807, 2.05) is 0 Å². The second kappa shape index (κ2) is 6.89. The molecular formula is C14H19N3O4S. The Kier molecular flexibility index (Phi) is 5.15. The highest BCUT2D eigenvalue weighted by atomic mass is 32.2. The highest BCUT2D eigenvalue weighted by molar-refractivity contribution is 7.89. The second-order valence-corrected chi connectivity index (χ2v) is 6.86. The third-order valence-electron chi connectivity index (χ3n) is 3.59. The molecule has 0 amide bonds. The fourth-order valence-corrected chi connectivity index (χ4v) is 3.03. The van der Waals surface area contributed by atoms with Gasteiger partial charge in [0.05, 0.1) is 9.82 Å². The number of nitro groups is 1. The van der Waals surface area contributed by atoms with Crippen molar-refractivity contribution in [1.82, 2.24) is 0 Å². The molecule has 0 saturated carbocycles. The van der Waals surface area contributed by atoms with E-state index < -0.39 is 14.9 Å². The minimum atomic E-state index is -3.98. The maximum Gasteiger partial charge on any atom is 0.272 e. The number of primary sulfonamides is 1. The first-order valence-electron chi connectivity index (χ1n) is 7.10. The Morgan fingerprint density at radius 1 is 1.27 bits per heavy atom. The van der Waals surface area contributed by atoms with Crippen LogP contribution >= 0.6 is 0 Å². The van der Waals surface area contributed by atoms with E-state index >= 15 is 0 Å². The van der Waals surface area contributed by atoms with Gasteiger partial charge in [-0.3, -0.25) is 10.1 Å². The SMILES string of the molecule is NS(=O)(=O)c1cc(NCCC2=CCCCC2)cc([N+](=O)[O-])c1. The first-order valence-corrected chi connectivity index (χ1v) is 8.65. The fraction of sp³-hybridized carbons (Fsp3) is 0.429. The van der Waals surface area contributed by atoms with Gasteiger partial charge in [-0.05, 0) is 38.2 Å². The molecular weight excluding hydrogens is 306 g/mol. The molecule has 3 N–H and O–H groups in total. The maximum atomic E-state index is 11.4. The molecule has 0 saturated heterocycles. The van der Waals surface area contributed by atoms with E-state index in [0.29, 0.717) is 12.2 Å². The summed E-state index contributed by atoms with van der Waals surface area (Å²) in [6.45, 7) is 0.594. The molecule has 22 heavy (non-hydrogen) atoms. The molecule has 0 bridgehead atoms. The van der Waals surface area contributed by atoms with Crippen LogP contribution in [0, 0.1) is 10.1 Å². The summed E-state index contributed by atoms with van der Waals surface area (Å²) in [6, 6.07) is 3.59. The quantitative estimate of drug-likeness (QED) is 0.474. The van der Waals surface area contributed by atoms with Crippen molar-refractivity contribution in [2.75, 3.05) is 11.9 Å². The lowest BCUT2D eigenvalue weighted by atomic mass is 9.97. The Balaban J connectivity index is 2.10. The Hall–Kier alpha value is -1.93. The molecule has 0 aromatic heterocycles. The van der Waals surface area contributed by atoms with Gasteiger partial charge in [0.15, 0.2) is 0 Å². The standard InChI is InChI=1S/C14H19N3O4S/c15-22(20,21)14-9-12(8-13(10-14)17(18)19)16-7-6-11-4-2-1-3-5-11/h4,8-10,16H,1-3,5-7H2,(H2,15,20,21). The lowest BCUT2D eigenvalue weighted by Crippen LogP contribution is -2.13. The number of rotatable bonds is 6. The first kappa shape index (κ1) is 16.4. The average Bonchev–Trinajstić information content (AvgIpc) is 2.47. The summed E-state index contributed by atoms with van der Waals surface area (Å²) in [5.74, 6) is 0. The van der Waals surface area contributed by atoms with Gasteiger partial charge in [-0.1, -0.05) is 11.6 Å². The molecule has 0 atom stereocenters. The summed E-state index contributed by atoms with van der Waals surface area (Å²) in [6.07, 6.45) is 7.67. The van der Waals surface area contributed by atoms with Gasteiger partial charge in [0, 0.05) is 24.4 Å². The zero-order chi connectivity index (χ0) is 16.2. The smallest absolute Gasteiger partial charge is 0.272 e. The summed E-state index contributed by atoms with van der Waals surface area (Å²) in [5.41, 5.74) is 1.45. The van der Waals surface area contributed by atoms with E-state index in [1.54, 1.807) is 0 Å². The monoisotopic (exact) mass is 325 g/mol. The van der Waals surface area contributed by atoms with Crippen LogP contribution in [0.1, 0.15) is 32.1 Å². The highest BCUT2D eigenvalue weighted by Gasteiger charge is 2.16. The number of allylic oxidation sites excluding steroid dienone is 1. The molecule has 0 heterocycles. The van der Waals surface area contributed by atoms with Crippen molar-refractivity contribution in [3.63, 3.8) is 0 Å². The van der Waals surface area contributed by atoms with Gasteiger partial charge in [0.25, 0.3) is 5.69 Å². The van der Waals surface area contributed by atoms with E-state index in [2.05, 4.69) is 11.4 Å². The van der Waals surface area contributed by atoms with E-state index in [-0.39, 0.29) is 10.6 Å². The molecule has 0 fully saturated rings. The second-order valence-electron chi connectivity index (χ2n) is 5.30. The largest absolute Gasteiger partial charge is 0.384 e. The summed E-state index contributed by atoms with van der Waals surface area (Å²) in [5, 5.41) is 19.0. The lowest BCUT2D eigenvalue weighted by Gasteiger charge is -2.13. The highest BCUT2D eigenvalue weighted by Crippen LogP contribution is 2.24. The van der Waals surface area contributed by atoms with Crippen molar-refractivity contribution in [2.24, 2.45) is 5.14 Å². The van der Waals surface area contributed by atoms with Crippen LogP contribution in [-0.4, -0.2) is 19.9 Å². The van der Waals surface area contributed by atoms with Crippen LogP contribution in [0.4, 0.5) is 11.4 Å². The molecule has 1 aromatic carbocycles. The Bertz CT molecular complexity index is 698. The molecule has 1 aliphatic rings. The predicted octanol–water partition coefficient (Wildman–Crippen LogP) is 2.54. The summed E-state index contributed by atoms with van der Waals surface area (Å²) >= 11 is 0. The van der Waals surface area contributed by atoms with Crippen molar-refractivity contribution in [2.45, 2.75) is 37.0 Å². The van der Waals surface area contributed by atoms with Gasteiger partial charge in [-0.2, -0.15) is 0 Å². The van der Waals surface area contributed by atoms with E-state index in [9.17, 15) is 18.5 Å². The molecule has 0 unspecified atom stereocenters. The average molecular weight is 325 g/mol. The summed E-state index contributed by atoms with van der Waals surface area (Å²) in [7, 11) is -3.98. The molecule has 0 radical (unpaired) electrons. The van der Waals surface area contributed by atoms with Crippen LogP contribution < -0.4 is 10.5 Å². The van der Waals surface area contributed by atoms with Crippen molar-refractivity contribution in [3.05, 3.63) is 40.0 Å². The Morgan fingerprint density at radius 3 is 2.64 bits per heavy atom. The third kappa shape index (κ3) is 4.54. The number of nitro benzene ring substituents is 1. The number of non-ortho nitro benzene ring substituents is 1. The number of nitrogens with zero attached hydrogens (tertiary/aromatic N) is 1. The normalized spacial score (nSPS) is 15.2. The number of nitrogens with two attached hydrogens (primary N) is 1. The Morgan fingerprint density at radius 2 is 2.05 bits per heavy atom. The van der Waals surface area contributed by atoms with Crippen molar-refractivity contribution in [1.29, 1.82) is 0 Å². The van der Waals surface area contributed by atoms with E-state index in [0.717, 1.165) is 25.3 Å². The number of sulfonamides is 1. The van der Waals surface area contributed by atoms with Gasteiger partial charge in [-0.15, -0.1) is 0 Å². The molecule has 1 aromatic rings. The summed E-state index contributed by atoms with van der Waals surface area (Å²) in [4.78, 5) is 9.99. The van der Waals surface area contributed by atoms with Crippen molar-refractivity contribution >= 4 is 21.4 Å². The topological polar surface area (TPSA) is 115 Å². The zero-order valence-corrected chi connectivity index (χ0v) is 12.9. The van der Waals surface area contributed by atoms with Gasteiger partial charge < -0.3 is 5.32 Å². The Labute approximate surface area is 129 Å². The van der Waals surface area contributed by atoms with Gasteiger partial charge in [-0.25, -0.2) is 13.6 Å². The molecule has 120 valence electrons. The van der Waals surface area contributed by atoms with E-state index in [4.69, 9.17) is 5.14 Å². The van der Waals surface area contributed by atoms with Crippen molar-refractivity contribution in [3.8, 4) is 0 Å². The zero-order valence-electron chi connectivity index (χ0n) is 12.1. The van der Waals surface area contributed by atoms with Crippen LogP contribution in [0.25, 0.3) is 0 Å². The van der Waals surface area contributed by atoms with E-state index in [1.165, 1.54) is 30.5 Å². The number of nitrogens with one attached hydrogen (secondary N) is 1. The van der Waals surface area contributed by atoms with Crippen molar-refractivity contribution < 1.29 is 13.3 Å². The number of benzene rings is 1. The molecule has 0 aliphatic heterocycles. The molecule has 2 rings (SSSR count). The minimum absolute atomic E-state index is 0.263. The third-order valence-corrected chi connectivity index (χ3v) is 4.48. The lowest BCUT2D eigenvalue weighted by molar-refractivity contribution is -0.385. The van der Waals surface area contributed by atoms with Crippen LogP contribution in [0.3, 0.4) is 0 Å². The predicted molar refractivity (Wildman–Crippen MR) is 84.1 cm³/mol. The molecule has 0 spiro atoms. The fourth-order valence-electron chi connectivity index (χ4n) is 2.45. The van der Waals surface area contributed by atoms with Crippen LogP contribution in [-0.2, 0) is 10.0 Å². The maximum absolute atomic E-state index is 11.4. The van der Waals surface area contributed by atoms with Gasteiger partial charge in [0.2, 0.25) is 10.0 Å². The number of anilines is 1. The van der Waals surface area contributed by atoms with Crippen LogP contribution in [0.2, 0.25) is 0 Å². The summed E-state index contributed by atoms with van der Waals surface area (Å²) < 4.78 is 22.8. The molecule has 7 nitrogen and oxygen atoms in total. The van der Waals surface area contributed by atoms with Gasteiger partial charge in [0.1, 0.15) is 0 Å². The molecule has 8 heteroatoms. The van der Waals surface area contributed by atoms with Crippen LogP contribution in [0.5, 0.6) is 0 Å². The van der Waals surface area contributed by atoms with Crippen LogP contribution in [0.15, 0.2) is 34.7 Å². The van der Waals surface area contributed by atoms with Gasteiger partial charge >= 0.3 is 0 Å². The number of hydrogen-bond donors (Lipinski definition) is 2. The first-order chi connectivity index (χ1) is 10.4.